The molecule has 1 heterocycles. The van der Waals surface area contributed by atoms with Gasteiger partial charge in [0, 0.05) is 11.7 Å². The minimum Gasteiger partial charge on any atom is -0.359 e. The summed E-state index contributed by atoms with van der Waals surface area (Å²) in [5.41, 5.74) is 2.85. The smallest absolute Gasteiger partial charge is 0.240 e. The Bertz CT molecular complexity index is 1220. The van der Waals surface area contributed by atoms with Crippen LogP contribution in [0.2, 0.25) is 0 Å². The predicted molar refractivity (Wildman–Crippen MR) is 119 cm³/mol. The van der Waals surface area contributed by atoms with Gasteiger partial charge in [-0.15, -0.1) is 0 Å². The van der Waals surface area contributed by atoms with Crippen LogP contribution in [0.1, 0.15) is 31.0 Å². The van der Waals surface area contributed by atoms with Crippen molar-refractivity contribution in [2.45, 2.75) is 37.2 Å². The second-order valence-electron chi connectivity index (χ2n) is 7.87. The molecule has 0 saturated carbocycles. The number of primary sulfonamides is 1. The van der Waals surface area contributed by atoms with Crippen LogP contribution < -0.4 is 15.4 Å². The van der Waals surface area contributed by atoms with Crippen LogP contribution in [0.5, 0.6) is 0 Å². The van der Waals surface area contributed by atoms with Crippen LogP contribution in [0.3, 0.4) is 0 Å². The Hall–Kier alpha value is -2.90. The summed E-state index contributed by atoms with van der Waals surface area (Å²) in [4.78, 5) is 14.9. The van der Waals surface area contributed by atoms with Crippen molar-refractivity contribution in [2.24, 2.45) is 5.14 Å². The molecular formula is C23H25N3O3S. The van der Waals surface area contributed by atoms with E-state index >= 15 is 0 Å². The van der Waals surface area contributed by atoms with Crippen LogP contribution in [-0.2, 0) is 21.2 Å². The van der Waals surface area contributed by atoms with Gasteiger partial charge in [0.05, 0.1) is 17.5 Å². The highest BCUT2D eigenvalue weighted by Crippen LogP contribution is 2.33. The third-order valence-corrected chi connectivity index (χ3v) is 6.63. The molecule has 3 aromatic carbocycles. The van der Waals surface area contributed by atoms with Gasteiger partial charge in [-0.3, -0.25) is 4.79 Å². The fourth-order valence-electron chi connectivity index (χ4n) is 4.24. The number of nitrogens with zero attached hydrogens (tertiary/aromatic N) is 1. The lowest BCUT2D eigenvalue weighted by atomic mass is 10.00. The molecule has 0 aromatic heterocycles. The molecule has 3 N–H and O–H groups in total. The Kier molecular flexibility index (Phi) is 5.26. The highest BCUT2D eigenvalue weighted by atomic mass is 32.2. The number of carbonyl (C=O) groups is 1. The van der Waals surface area contributed by atoms with E-state index < -0.39 is 10.0 Å². The zero-order valence-corrected chi connectivity index (χ0v) is 17.8. The molecule has 0 aliphatic carbocycles. The molecule has 1 aliphatic heterocycles. The third-order valence-electron chi connectivity index (χ3n) is 5.72. The van der Waals surface area contributed by atoms with Crippen molar-refractivity contribution in [1.29, 1.82) is 0 Å². The van der Waals surface area contributed by atoms with E-state index in [4.69, 9.17) is 5.14 Å². The Morgan fingerprint density at radius 1 is 1.17 bits per heavy atom. The van der Waals surface area contributed by atoms with Gasteiger partial charge in [0.15, 0.2) is 0 Å². The number of fused-ring (bicyclic) bond motifs is 2. The van der Waals surface area contributed by atoms with Crippen molar-refractivity contribution >= 4 is 32.4 Å². The van der Waals surface area contributed by atoms with Gasteiger partial charge < -0.3 is 10.2 Å². The van der Waals surface area contributed by atoms with Gasteiger partial charge in [-0.2, -0.15) is 0 Å². The fraction of sp³-hybridized carbons (Fsp3) is 0.261. The Morgan fingerprint density at radius 2 is 1.90 bits per heavy atom. The summed E-state index contributed by atoms with van der Waals surface area (Å²) < 4.78 is 23.2. The number of hydrogen-bond donors (Lipinski definition) is 2. The topological polar surface area (TPSA) is 92.5 Å². The molecule has 3 aromatic rings. The summed E-state index contributed by atoms with van der Waals surface area (Å²) in [6.45, 7) is 4.22. The molecular weight excluding hydrogens is 398 g/mol. The first kappa shape index (κ1) is 20.4. The number of hydrogen-bond acceptors (Lipinski definition) is 4. The molecule has 4 rings (SSSR count). The van der Waals surface area contributed by atoms with Gasteiger partial charge in [0.1, 0.15) is 0 Å². The van der Waals surface area contributed by atoms with Crippen LogP contribution in [0, 0.1) is 0 Å². The molecule has 2 atom stereocenters. The van der Waals surface area contributed by atoms with Crippen molar-refractivity contribution in [3.05, 3.63) is 71.8 Å². The molecule has 156 valence electrons. The predicted octanol–water partition coefficient (Wildman–Crippen LogP) is 3.12. The largest absolute Gasteiger partial charge is 0.359 e. The molecule has 1 aliphatic rings. The van der Waals surface area contributed by atoms with E-state index in [2.05, 4.69) is 23.5 Å². The molecule has 0 spiro atoms. The minimum atomic E-state index is -3.74. The van der Waals surface area contributed by atoms with E-state index in [-0.39, 0.29) is 29.4 Å². The summed E-state index contributed by atoms with van der Waals surface area (Å²) in [6, 6.07) is 19.0. The van der Waals surface area contributed by atoms with E-state index in [0.717, 1.165) is 27.6 Å². The number of rotatable bonds is 5. The minimum absolute atomic E-state index is 0.0781. The first-order valence-electron chi connectivity index (χ1n) is 9.93. The lowest BCUT2D eigenvalue weighted by Crippen LogP contribution is -2.40. The normalized spacial score (nSPS) is 17.0. The molecule has 7 heteroatoms. The number of anilines is 1. The number of amides is 1. The van der Waals surface area contributed by atoms with Gasteiger partial charge in [-0.05, 0) is 60.4 Å². The van der Waals surface area contributed by atoms with Crippen molar-refractivity contribution in [3.63, 3.8) is 0 Å². The molecule has 6 nitrogen and oxygen atoms in total. The molecule has 0 radical (unpaired) electrons. The van der Waals surface area contributed by atoms with Crippen LogP contribution in [0.15, 0.2) is 65.6 Å². The number of benzene rings is 3. The van der Waals surface area contributed by atoms with Crippen molar-refractivity contribution in [3.8, 4) is 0 Å². The van der Waals surface area contributed by atoms with Crippen LogP contribution in [-0.4, -0.2) is 26.9 Å². The average Bonchev–Trinajstić information content (AvgIpc) is 3.01. The molecule has 0 saturated heterocycles. The van der Waals surface area contributed by atoms with Crippen molar-refractivity contribution in [2.75, 3.05) is 11.4 Å². The average molecular weight is 424 g/mol. The van der Waals surface area contributed by atoms with Gasteiger partial charge in [-0.1, -0.05) is 42.5 Å². The highest BCUT2D eigenvalue weighted by molar-refractivity contribution is 7.89. The lowest BCUT2D eigenvalue weighted by molar-refractivity contribution is -0.120. The number of nitrogens with two attached hydrogens (primary N) is 1. The second-order valence-corrected chi connectivity index (χ2v) is 9.44. The van der Waals surface area contributed by atoms with Crippen LogP contribution in [0.4, 0.5) is 5.69 Å². The van der Waals surface area contributed by atoms with E-state index in [9.17, 15) is 13.2 Å². The number of sulfonamides is 1. The zero-order chi connectivity index (χ0) is 21.5. The van der Waals surface area contributed by atoms with E-state index in [1.165, 1.54) is 6.07 Å². The number of nitrogens with one attached hydrogen (secondary N) is 1. The van der Waals surface area contributed by atoms with Crippen molar-refractivity contribution < 1.29 is 13.2 Å². The van der Waals surface area contributed by atoms with Crippen LogP contribution >= 0.6 is 0 Å². The maximum Gasteiger partial charge on any atom is 0.240 e. The SMILES string of the molecule is CC(NC(=O)CN1c2ccc(S(N)(=O)=O)cc2CC1C)c1cccc2ccccc12. The summed E-state index contributed by atoms with van der Waals surface area (Å²) >= 11 is 0. The molecule has 30 heavy (non-hydrogen) atoms. The monoisotopic (exact) mass is 423 g/mol. The molecule has 0 bridgehead atoms. The van der Waals surface area contributed by atoms with Crippen molar-refractivity contribution in [1.82, 2.24) is 5.32 Å². The maximum atomic E-state index is 12.8. The van der Waals surface area contributed by atoms with E-state index in [1.807, 2.05) is 43.0 Å². The van der Waals surface area contributed by atoms with Gasteiger partial charge in [0.25, 0.3) is 0 Å². The van der Waals surface area contributed by atoms with Gasteiger partial charge in [-0.25, -0.2) is 13.6 Å². The van der Waals surface area contributed by atoms with Crippen LogP contribution in [0.25, 0.3) is 10.8 Å². The first-order valence-corrected chi connectivity index (χ1v) is 11.5. The third kappa shape index (κ3) is 3.91. The maximum absolute atomic E-state index is 12.8. The standard InChI is InChI=1S/C23H25N3O3S/c1-15-12-18-13-19(30(24,28)29)10-11-22(18)26(15)14-23(27)25-16(2)20-9-5-7-17-6-3-4-8-21(17)20/h3-11,13,15-16H,12,14H2,1-2H3,(H,25,27)(H2,24,28,29). The van der Waals surface area contributed by atoms with Gasteiger partial charge >= 0.3 is 0 Å². The lowest BCUT2D eigenvalue weighted by Gasteiger charge is -2.25. The fourth-order valence-corrected chi connectivity index (χ4v) is 4.80. The quantitative estimate of drug-likeness (QED) is 0.659. The Labute approximate surface area is 176 Å². The first-order chi connectivity index (χ1) is 14.2. The summed E-state index contributed by atoms with van der Waals surface area (Å²) in [5.74, 6) is -0.0781. The summed E-state index contributed by atoms with van der Waals surface area (Å²) in [7, 11) is -3.74. The summed E-state index contributed by atoms with van der Waals surface area (Å²) in [5, 5.41) is 10.6. The van der Waals surface area contributed by atoms with Gasteiger partial charge in [0.2, 0.25) is 15.9 Å². The molecule has 0 fully saturated rings. The molecule has 1 amide bonds. The Morgan fingerprint density at radius 3 is 2.67 bits per heavy atom. The second kappa shape index (κ2) is 7.74. The highest BCUT2D eigenvalue weighted by Gasteiger charge is 2.29. The zero-order valence-electron chi connectivity index (χ0n) is 17.0. The summed E-state index contributed by atoms with van der Waals surface area (Å²) in [6.07, 6.45) is 0.671. The van der Waals surface area contributed by atoms with E-state index in [0.29, 0.717) is 6.42 Å². The van der Waals surface area contributed by atoms with E-state index in [1.54, 1.807) is 12.1 Å². The number of carbonyl (C=O) groups excluding carboxylic acids is 1. The molecule has 2 unspecified atom stereocenters. The Balaban J connectivity index is 1.51.